The molecule has 0 radical (unpaired) electrons. The first-order valence-electron chi connectivity index (χ1n) is 8.67. The van der Waals surface area contributed by atoms with Crippen molar-refractivity contribution in [2.75, 3.05) is 6.61 Å². The minimum atomic E-state index is -0.993. The fourth-order valence-corrected chi connectivity index (χ4v) is 3.25. The van der Waals surface area contributed by atoms with E-state index in [9.17, 15) is 14.4 Å². The second kappa shape index (κ2) is 7.23. The zero-order valence-electron chi connectivity index (χ0n) is 15.7. The molecule has 1 unspecified atom stereocenters. The number of fused-ring (bicyclic) bond motifs is 1. The number of hydrogen-bond donors (Lipinski definition) is 1. The number of rotatable bonds is 5. The van der Waals surface area contributed by atoms with Gasteiger partial charge in [-0.05, 0) is 45.4 Å². The molecule has 1 aliphatic rings. The molecule has 3 rings (SSSR count). The van der Waals surface area contributed by atoms with Crippen LogP contribution in [-0.4, -0.2) is 35.2 Å². The number of carbonyl (C=O) groups is 3. The van der Waals surface area contributed by atoms with Crippen molar-refractivity contribution in [3.8, 4) is 5.75 Å². The average Bonchev–Trinajstić information content (AvgIpc) is 2.94. The number of aryl methyl sites for hydroxylation is 1. The van der Waals surface area contributed by atoms with Crippen LogP contribution in [0.15, 0.2) is 29.8 Å². The van der Waals surface area contributed by atoms with E-state index < -0.39 is 12.1 Å². The molecule has 1 aromatic carbocycles. The van der Waals surface area contributed by atoms with E-state index in [0.29, 0.717) is 28.1 Å². The number of benzene rings is 1. The fraction of sp³-hybridized carbons (Fsp3) is 0.286. The standard InChI is InChI=1S/C21H21NO5/c1-11-18(13(3)23)12(2)22-19(11)20(24)14(4)27-21(25)16-9-15-7-5-6-8-17(15)26-10-16/h5-9,14,22H,10H2,1-4H3. The molecule has 0 spiro atoms. The highest BCUT2D eigenvalue weighted by Gasteiger charge is 2.27. The van der Waals surface area contributed by atoms with Crippen molar-refractivity contribution >= 4 is 23.6 Å². The molecule has 6 heteroatoms. The van der Waals surface area contributed by atoms with Crippen LogP contribution in [0.4, 0.5) is 0 Å². The Bertz CT molecular complexity index is 967. The molecule has 2 heterocycles. The Balaban J connectivity index is 1.76. The van der Waals surface area contributed by atoms with Gasteiger partial charge in [0, 0.05) is 16.8 Å². The van der Waals surface area contributed by atoms with Crippen LogP contribution >= 0.6 is 0 Å². The Morgan fingerprint density at radius 3 is 2.56 bits per heavy atom. The van der Waals surface area contributed by atoms with Crippen LogP contribution in [0.25, 0.3) is 6.08 Å². The summed E-state index contributed by atoms with van der Waals surface area (Å²) in [7, 11) is 0. The van der Waals surface area contributed by atoms with E-state index in [-0.39, 0.29) is 23.9 Å². The summed E-state index contributed by atoms with van der Waals surface area (Å²) in [4.78, 5) is 39.8. The van der Waals surface area contributed by atoms with E-state index in [4.69, 9.17) is 9.47 Å². The molecule has 0 amide bonds. The van der Waals surface area contributed by atoms with Crippen molar-refractivity contribution in [1.82, 2.24) is 4.98 Å². The Morgan fingerprint density at radius 1 is 1.19 bits per heavy atom. The molecular formula is C21H21NO5. The first-order chi connectivity index (χ1) is 12.8. The summed E-state index contributed by atoms with van der Waals surface area (Å²) in [6, 6.07) is 7.36. The lowest BCUT2D eigenvalue weighted by molar-refractivity contribution is -0.141. The van der Waals surface area contributed by atoms with Crippen molar-refractivity contribution in [2.45, 2.75) is 33.8 Å². The Kier molecular flexibility index (Phi) is 4.99. The van der Waals surface area contributed by atoms with Crippen LogP contribution in [0.1, 0.15) is 51.5 Å². The SMILES string of the molecule is CC(=O)c1c(C)[nH]c(C(=O)C(C)OC(=O)C2=Cc3ccccc3OC2)c1C. The summed E-state index contributed by atoms with van der Waals surface area (Å²) < 4.78 is 10.9. The molecule has 1 atom stereocenters. The number of H-pyrrole nitrogens is 1. The van der Waals surface area contributed by atoms with Crippen molar-refractivity contribution in [1.29, 1.82) is 0 Å². The molecular weight excluding hydrogens is 346 g/mol. The van der Waals surface area contributed by atoms with E-state index in [1.807, 2.05) is 24.3 Å². The maximum atomic E-state index is 12.7. The summed E-state index contributed by atoms with van der Waals surface area (Å²) in [6.07, 6.45) is 0.711. The summed E-state index contributed by atoms with van der Waals surface area (Å²) in [5.41, 5.74) is 3.12. The summed E-state index contributed by atoms with van der Waals surface area (Å²) in [6.45, 7) is 6.50. The number of ether oxygens (including phenoxy) is 2. The van der Waals surface area contributed by atoms with Crippen molar-refractivity contribution < 1.29 is 23.9 Å². The largest absolute Gasteiger partial charge is 0.488 e. The van der Waals surface area contributed by atoms with Crippen LogP contribution in [0, 0.1) is 13.8 Å². The van der Waals surface area contributed by atoms with Gasteiger partial charge >= 0.3 is 5.97 Å². The van der Waals surface area contributed by atoms with Crippen LogP contribution in [0.5, 0.6) is 5.75 Å². The van der Waals surface area contributed by atoms with Gasteiger partial charge in [-0.2, -0.15) is 0 Å². The fourth-order valence-electron chi connectivity index (χ4n) is 3.25. The van der Waals surface area contributed by atoms with Gasteiger partial charge in [-0.25, -0.2) is 4.79 Å². The quantitative estimate of drug-likeness (QED) is 0.646. The molecule has 1 N–H and O–H groups in total. The van der Waals surface area contributed by atoms with E-state index in [2.05, 4.69) is 4.98 Å². The van der Waals surface area contributed by atoms with E-state index in [1.54, 1.807) is 19.9 Å². The van der Waals surface area contributed by atoms with Gasteiger partial charge in [0.1, 0.15) is 12.4 Å². The van der Waals surface area contributed by atoms with E-state index >= 15 is 0 Å². The number of ketones is 2. The number of aromatic amines is 1. The number of hydrogen-bond acceptors (Lipinski definition) is 5. The van der Waals surface area contributed by atoms with Gasteiger partial charge < -0.3 is 14.5 Å². The molecule has 27 heavy (non-hydrogen) atoms. The molecule has 1 aromatic heterocycles. The number of para-hydroxylation sites is 1. The van der Waals surface area contributed by atoms with Crippen LogP contribution in [-0.2, 0) is 9.53 Å². The van der Waals surface area contributed by atoms with Gasteiger partial charge in [-0.3, -0.25) is 9.59 Å². The molecule has 140 valence electrons. The summed E-state index contributed by atoms with van der Waals surface area (Å²) in [5.74, 6) is -0.396. The zero-order chi connectivity index (χ0) is 19.7. The van der Waals surface area contributed by atoms with Gasteiger partial charge in [0.15, 0.2) is 11.9 Å². The highest BCUT2D eigenvalue weighted by molar-refractivity contribution is 6.06. The second-order valence-electron chi connectivity index (χ2n) is 6.59. The smallest absolute Gasteiger partial charge is 0.338 e. The van der Waals surface area contributed by atoms with Crippen molar-refractivity contribution in [3.05, 3.63) is 57.9 Å². The van der Waals surface area contributed by atoms with Gasteiger partial charge in [-0.1, -0.05) is 18.2 Å². The lowest BCUT2D eigenvalue weighted by Gasteiger charge is -2.18. The first kappa shape index (κ1) is 18.6. The summed E-state index contributed by atoms with van der Waals surface area (Å²) in [5, 5.41) is 0. The van der Waals surface area contributed by atoms with E-state index in [0.717, 1.165) is 5.56 Å². The third-order valence-electron chi connectivity index (χ3n) is 4.58. The molecule has 0 fully saturated rings. The third kappa shape index (κ3) is 3.56. The summed E-state index contributed by atoms with van der Waals surface area (Å²) >= 11 is 0. The maximum absolute atomic E-state index is 12.7. The molecule has 0 saturated carbocycles. The lowest BCUT2D eigenvalue weighted by Crippen LogP contribution is -2.28. The highest BCUT2D eigenvalue weighted by atomic mass is 16.5. The monoisotopic (exact) mass is 367 g/mol. The molecule has 0 bridgehead atoms. The van der Waals surface area contributed by atoms with Crippen molar-refractivity contribution in [2.24, 2.45) is 0 Å². The molecule has 0 aliphatic carbocycles. The minimum absolute atomic E-state index is 0.0892. The predicted octanol–water partition coefficient (Wildman–Crippen LogP) is 3.42. The first-order valence-corrected chi connectivity index (χ1v) is 8.67. The second-order valence-corrected chi connectivity index (χ2v) is 6.59. The molecule has 6 nitrogen and oxygen atoms in total. The normalized spacial score (nSPS) is 13.9. The highest BCUT2D eigenvalue weighted by Crippen LogP contribution is 2.26. The van der Waals surface area contributed by atoms with Gasteiger partial charge in [-0.15, -0.1) is 0 Å². The predicted molar refractivity (Wildman–Crippen MR) is 100 cm³/mol. The third-order valence-corrected chi connectivity index (χ3v) is 4.58. The number of carbonyl (C=O) groups excluding carboxylic acids is 3. The van der Waals surface area contributed by atoms with Crippen LogP contribution in [0.2, 0.25) is 0 Å². The number of nitrogens with one attached hydrogen (secondary N) is 1. The van der Waals surface area contributed by atoms with Crippen LogP contribution < -0.4 is 4.74 Å². The molecule has 1 aliphatic heterocycles. The Hall–Kier alpha value is -3.15. The van der Waals surface area contributed by atoms with Crippen LogP contribution in [0.3, 0.4) is 0 Å². The number of Topliss-reactive ketones (excluding diaryl/α,β-unsaturated/α-hetero) is 2. The molecule has 2 aromatic rings. The topological polar surface area (TPSA) is 85.5 Å². The van der Waals surface area contributed by atoms with Gasteiger partial charge in [0.05, 0.1) is 11.3 Å². The average molecular weight is 367 g/mol. The Morgan fingerprint density at radius 2 is 1.89 bits per heavy atom. The maximum Gasteiger partial charge on any atom is 0.338 e. The van der Waals surface area contributed by atoms with Gasteiger partial charge in [0.2, 0.25) is 5.78 Å². The van der Waals surface area contributed by atoms with E-state index in [1.165, 1.54) is 13.8 Å². The minimum Gasteiger partial charge on any atom is -0.488 e. The zero-order valence-corrected chi connectivity index (χ0v) is 15.7. The van der Waals surface area contributed by atoms with Gasteiger partial charge in [0.25, 0.3) is 0 Å². The Labute approximate surface area is 157 Å². The number of esters is 1. The lowest BCUT2D eigenvalue weighted by atomic mass is 10.0. The molecule has 0 saturated heterocycles. The number of aromatic nitrogens is 1. The van der Waals surface area contributed by atoms with Crippen molar-refractivity contribution in [3.63, 3.8) is 0 Å².